The van der Waals surface area contributed by atoms with Crippen molar-refractivity contribution in [3.63, 3.8) is 0 Å². The summed E-state index contributed by atoms with van der Waals surface area (Å²) < 4.78 is 35.0. The van der Waals surface area contributed by atoms with Crippen LogP contribution in [0.4, 0.5) is 5.69 Å². The molecule has 2 bridgehead atoms. The molecule has 0 radical (unpaired) electrons. The van der Waals surface area contributed by atoms with Gasteiger partial charge >= 0.3 is 0 Å². The Kier molecular flexibility index (Phi) is 7.47. The second-order valence-electron chi connectivity index (χ2n) is 12.6. The number of fused-ring (bicyclic) bond motifs is 4. The largest absolute Gasteiger partial charge is 0.490 e. The third kappa shape index (κ3) is 5.43. The molecule has 41 heavy (non-hydrogen) atoms. The lowest BCUT2D eigenvalue weighted by Gasteiger charge is -2.44. The summed E-state index contributed by atoms with van der Waals surface area (Å²) in [4.78, 5) is 28.4. The van der Waals surface area contributed by atoms with E-state index in [4.69, 9.17) is 16.3 Å². The van der Waals surface area contributed by atoms with E-state index in [1.54, 1.807) is 32.0 Å². The number of amides is 2. The van der Waals surface area contributed by atoms with E-state index in [2.05, 4.69) is 27.1 Å². The third-order valence-corrected chi connectivity index (χ3v) is 12.1. The van der Waals surface area contributed by atoms with E-state index in [1.807, 2.05) is 6.07 Å². The van der Waals surface area contributed by atoms with E-state index < -0.39 is 27.1 Å². The Bertz CT molecular complexity index is 1480. The molecule has 2 amide bonds. The summed E-state index contributed by atoms with van der Waals surface area (Å²) >= 11 is 6.37. The second kappa shape index (κ2) is 10.8. The Morgan fingerprint density at radius 1 is 1.07 bits per heavy atom. The lowest BCUT2D eigenvalue weighted by atomic mass is 9.69. The van der Waals surface area contributed by atoms with Crippen LogP contribution >= 0.6 is 11.6 Å². The molecule has 0 aromatic heterocycles. The van der Waals surface area contributed by atoms with Gasteiger partial charge in [-0.05, 0) is 98.2 Å². The van der Waals surface area contributed by atoms with Crippen molar-refractivity contribution in [3.05, 3.63) is 58.1 Å². The van der Waals surface area contributed by atoms with Crippen LogP contribution in [0.1, 0.15) is 67.4 Å². The topological polar surface area (TPSA) is 105 Å². The number of sulfonamides is 1. The van der Waals surface area contributed by atoms with Crippen molar-refractivity contribution in [1.29, 1.82) is 0 Å². The first-order valence-corrected chi connectivity index (χ1v) is 16.6. The minimum absolute atomic E-state index is 0.0852. The molecule has 1 saturated carbocycles. The number of benzene rings is 2. The number of carbonyl (C=O) groups is 2. The lowest BCUT2D eigenvalue weighted by Crippen LogP contribution is -2.49. The summed E-state index contributed by atoms with van der Waals surface area (Å²) in [6.45, 7) is 5.83. The number of nitrogens with zero attached hydrogens (tertiary/aromatic N) is 1. The molecule has 2 aliphatic carbocycles. The van der Waals surface area contributed by atoms with Gasteiger partial charge in [-0.2, -0.15) is 0 Å². The quantitative estimate of drug-likeness (QED) is 0.464. The monoisotopic (exact) mass is 599 g/mol. The SMILES string of the molecule is C[C@@H]1CC(=O)NC[C@@H]2CC[C@H]2CN2CC3(CCCc4cc(Cl)ccc43)COc3ccc(cc32)C(=O)NS(=O)(=O)[C@@H]1C. The zero-order chi connectivity index (χ0) is 28.9. The maximum Gasteiger partial charge on any atom is 0.264 e. The van der Waals surface area contributed by atoms with Crippen LogP contribution in [0.3, 0.4) is 0 Å². The Hall–Kier alpha value is -2.78. The second-order valence-corrected chi connectivity index (χ2v) is 15.0. The first-order valence-electron chi connectivity index (χ1n) is 14.7. The summed E-state index contributed by atoms with van der Waals surface area (Å²) in [6.07, 6.45) is 5.17. The van der Waals surface area contributed by atoms with Crippen molar-refractivity contribution in [2.45, 2.75) is 63.0 Å². The Balaban J connectivity index is 1.40. The van der Waals surface area contributed by atoms with Gasteiger partial charge in [0, 0.05) is 42.1 Å². The molecule has 4 aliphatic rings. The number of anilines is 1. The molecule has 1 fully saturated rings. The number of nitrogens with one attached hydrogen (secondary N) is 2. The predicted octanol–water partition coefficient (Wildman–Crippen LogP) is 4.44. The molecule has 2 aromatic carbocycles. The van der Waals surface area contributed by atoms with Gasteiger partial charge in [0.1, 0.15) is 5.75 Å². The fourth-order valence-corrected chi connectivity index (χ4v) is 8.51. The van der Waals surface area contributed by atoms with Crippen LogP contribution in [0, 0.1) is 17.8 Å². The standard InChI is InChI=1S/C31H38ClN3O5S/c1-19-12-29(36)33-15-23-5-6-24(23)16-35-17-31(11-3-4-21-13-25(32)8-9-26(21)31)18-40-28-10-7-22(14-27(28)35)30(37)34-41(38,39)20(19)2/h7-10,13-14,19-20,23-24H,3-6,11-12,15-18H2,1-2H3,(H,33,36)(H,34,37)/t19-,20-,23+,24+,31?/m1/s1. The van der Waals surface area contributed by atoms with E-state index in [9.17, 15) is 18.0 Å². The van der Waals surface area contributed by atoms with Gasteiger partial charge in [0.15, 0.2) is 0 Å². The predicted molar refractivity (Wildman–Crippen MR) is 159 cm³/mol. The summed E-state index contributed by atoms with van der Waals surface area (Å²) in [7, 11) is -4.00. The molecular weight excluding hydrogens is 562 g/mol. The fourth-order valence-electron chi connectivity index (χ4n) is 7.05. The third-order valence-electron chi connectivity index (χ3n) is 9.92. The molecule has 2 N–H and O–H groups in total. The number of aryl methyl sites for hydroxylation is 1. The zero-order valence-electron chi connectivity index (χ0n) is 23.6. The molecule has 5 atom stereocenters. The van der Waals surface area contributed by atoms with Gasteiger partial charge in [-0.3, -0.25) is 9.59 Å². The molecule has 2 heterocycles. The summed E-state index contributed by atoms with van der Waals surface area (Å²) in [5, 5.41) is 2.88. The van der Waals surface area contributed by atoms with Crippen LogP contribution in [0.2, 0.25) is 5.02 Å². The van der Waals surface area contributed by atoms with Crippen LogP contribution in [0.25, 0.3) is 0 Å². The molecular formula is C31H38ClN3O5S. The Labute approximate surface area is 247 Å². The lowest BCUT2D eigenvalue weighted by molar-refractivity contribution is -0.122. The smallest absolute Gasteiger partial charge is 0.264 e. The first-order chi connectivity index (χ1) is 19.5. The van der Waals surface area contributed by atoms with Gasteiger partial charge in [-0.15, -0.1) is 0 Å². The first kappa shape index (κ1) is 28.3. The highest BCUT2D eigenvalue weighted by Crippen LogP contribution is 2.46. The van der Waals surface area contributed by atoms with E-state index >= 15 is 0 Å². The zero-order valence-corrected chi connectivity index (χ0v) is 25.2. The van der Waals surface area contributed by atoms with Crippen LogP contribution in [0.15, 0.2) is 36.4 Å². The minimum atomic E-state index is -4.00. The van der Waals surface area contributed by atoms with E-state index in [0.717, 1.165) is 49.4 Å². The van der Waals surface area contributed by atoms with Crippen LogP contribution in [-0.2, 0) is 26.7 Å². The van der Waals surface area contributed by atoms with Crippen LogP contribution in [0.5, 0.6) is 5.75 Å². The maximum atomic E-state index is 13.3. The molecule has 220 valence electrons. The molecule has 6 rings (SSSR count). The highest BCUT2D eigenvalue weighted by atomic mass is 35.5. The highest BCUT2D eigenvalue weighted by molar-refractivity contribution is 7.90. The average molecular weight is 600 g/mol. The number of hydrogen-bond acceptors (Lipinski definition) is 6. The molecule has 1 spiro atoms. The summed E-state index contributed by atoms with van der Waals surface area (Å²) in [5.41, 5.74) is 3.34. The van der Waals surface area contributed by atoms with Crippen LogP contribution in [-0.4, -0.2) is 51.7 Å². The number of rotatable bonds is 0. The van der Waals surface area contributed by atoms with Crippen molar-refractivity contribution in [2.75, 3.05) is 31.1 Å². The van der Waals surface area contributed by atoms with E-state index in [1.165, 1.54) is 11.1 Å². The van der Waals surface area contributed by atoms with E-state index in [0.29, 0.717) is 37.3 Å². The summed E-state index contributed by atoms with van der Waals surface area (Å²) in [5.74, 6) is 0.127. The number of hydrogen-bond donors (Lipinski definition) is 2. The fraction of sp³-hybridized carbons (Fsp3) is 0.548. The molecule has 8 nitrogen and oxygen atoms in total. The molecule has 10 heteroatoms. The van der Waals surface area contributed by atoms with Crippen molar-refractivity contribution in [3.8, 4) is 5.75 Å². The molecule has 1 unspecified atom stereocenters. The molecule has 2 aromatic rings. The molecule has 2 aliphatic heterocycles. The van der Waals surface area contributed by atoms with E-state index in [-0.39, 0.29) is 23.3 Å². The van der Waals surface area contributed by atoms with Crippen molar-refractivity contribution in [1.82, 2.24) is 10.0 Å². The highest BCUT2D eigenvalue weighted by Gasteiger charge is 2.43. The minimum Gasteiger partial charge on any atom is -0.490 e. The van der Waals surface area contributed by atoms with Crippen molar-refractivity contribution in [2.24, 2.45) is 17.8 Å². The Morgan fingerprint density at radius 3 is 2.66 bits per heavy atom. The normalized spacial score (nSPS) is 31.4. The number of carbonyl (C=O) groups excluding carboxylic acids is 2. The van der Waals surface area contributed by atoms with Crippen molar-refractivity contribution >= 4 is 39.1 Å². The van der Waals surface area contributed by atoms with Gasteiger partial charge in [0.25, 0.3) is 5.91 Å². The van der Waals surface area contributed by atoms with Gasteiger partial charge in [-0.25, -0.2) is 13.1 Å². The average Bonchev–Trinajstić information content (AvgIpc) is 3.06. The Morgan fingerprint density at radius 2 is 1.88 bits per heavy atom. The van der Waals surface area contributed by atoms with Gasteiger partial charge in [0.05, 0.1) is 17.5 Å². The van der Waals surface area contributed by atoms with Gasteiger partial charge in [0.2, 0.25) is 15.9 Å². The van der Waals surface area contributed by atoms with Gasteiger partial charge < -0.3 is 15.0 Å². The summed E-state index contributed by atoms with van der Waals surface area (Å²) in [6, 6.07) is 11.4. The van der Waals surface area contributed by atoms with Crippen LogP contribution < -0.4 is 19.7 Å². The van der Waals surface area contributed by atoms with Crippen molar-refractivity contribution < 1.29 is 22.7 Å². The van der Waals surface area contributed by atoms with Gasteiger partial charge in [-0.1, -0.05) is 24.6 Å². The number of halogens is 1. The number of ether oxygens (including phenoxy) is 1. The maximum absolute atomic E-state index is 13.3. The molecule has 0 saturated heterocycles.